The van der Waals surface area contributed by atoms with E-state index in [1.54, 1.807) is 0 Å². The second kappa shape index (κ2) is 2.97. The standard InChI is InChI=1S/C12H20O3/c1-7(13)15-10-9(14)8-5-6-12(10,4)11(8,2)3/h8-10,14H,5-6H2,1-4H3/t8-,9-,10-,12+/m0/s1. The molecule has 0 amide bonds. The number of hydrogen-bond acceptors (Lipinski definition) is 3. The van der Waals surface area contributed by atoms with Crippen molar-refractivity contribution in [3.63, 3.8) is 0 Å². The van der Waals surface area contributed by atoms with E-state index >= 15 is 0 Å². The molecule has 0 heterocycles. The zero-order valence-corrected chi connectivity index (χ0v) is 9.91. The zero-order valence-electron chi connectivity index (χ0n) is 9.91. The zero-order chi connectivity index (χ0) is 11.4. The molecular weight excluding hydrogens is 192 g/mol. The maximum Gasteiger partial charge on any atom is 0.303 e. The first-order valence-corrected chi connectivity index (χ1v) is 5.66. The van der Waals surface area contributed by atoms with Gasteiger partial charge in [0.05, 0.1) is 6.10 Å². The molecule has 0 unspecified atom stereocenters. The topological polar surface area (TPSA) is 46.5 Å². The van der Waals surface area contributed by atoms with E-state index in [1.165, 1.54) is 6.92 Å². The van der Waals surface area contributed by atoms with Crippen LogP contribution in [-0.4, -0.2) is 23.3 Å². The van der Waals surface area contributed by atoms with E-state index < -0.39 is 6.10 Å². The second-order valence-corrected chi connectivity index (χ2v) is 5.80. The highest BCUT2D eigenvalue weighted by atomic mass is 16.6. The summed E-state index contributed by atoms with van der Waals surface area (Å²) in [5.74, 6) is -0.0181. The van der Waals surface area contributed by atoms with Crippen LogP contribution in [0.25, 0.3) is 0 Å². The molecule has 86 valence electrons. The van der Waals surface area contributed by atoms with Crippen molar-refractivity contribution in [3.8, 4) is 0 Å². The molecule has 1 N–H and O–H groups in total. The van der Waals surface area contributed by atoms with Gasteiger partial charge in [-0.15, -0.1) is 0 Å². The molecule has 2 aliphatic carbocycles. The van der Waals surface area contributed by atoms with Crippen molar-refractivity contribution >= 4 is 5.97 Å². The summed E-state index contributed by atoms with van der Waals surface area (Å²) >= 11 is 0. The Balaban J connectivity index is 2.32. The van der Waals surface area contributed by atoms with Gasteiger partial charge in [0.15, 0.2) is 0 Å². The van der Waals surface area contributed by atoms with Gasteiger partial charge in [-0.05, 0) is 24.2 Å². The third kappa shape index (κ3) is 1.19. The average Bonchev–Trinajstić information content (AvgIpc) is 2.39. The number of rotatable bonds is 1. The fourth-order valence-corrected chi connectivity index (χ4v) is 3.63. The van der Waals surface area contributed by atoms with Crippen LogP contribution in [-0.2, 0) is 9.53 Å². The first-order chi connectivity index (χ1) is 6.80. The Morgan fingerprint density at radius 2 is 2.00 bits per heavy atom. The van der Waals surface area contributed by atoms with Gasteiger partial charge in [-0.1, -0.05) is 20.8 Å². The van der Waals surface area contributed by atoms with Crippen LogP contribution in [0.1, 0.15) is 40.5 Å². The van der Waals surface area contributed by atoms with Crippen molar-refractivity contribution < 1.29 is 14.6 Å². The van der Waals surface area contributed by atoms with Gasteiger partial charge in [0.1, 0.15) is 6.10 Å². The van der Waals surface area contributed by atoms with E-state index in [4.69, 9.17) is 4.74 Å². The summed E-state index contributed by atoms with van der Waals surface area (Å²) in [5, 5.41) is 10.2. The van der Waals surface area contributed by atoms with E-state index in [2.05, 4.69) is 20.8 Å². The Morgan fingerprint density at radius 3 is 2.40 bits per heavy atom. The Hall–Kier alpha value is -0.570. The Morgan fingerprint density at radius 1 is 1.40 bits per heavy atom. The lowest BCUT2D eigenvalue weighted by Gasteiger charge is -2.38. The number of aliphatic hydroxyl groups is 1. The largest absolute Gasteiger partial charge is 0.459 e. The number of ether oxygens (including phenoxy) is 1. The lowest BCUT2D eigenvalue weighted by molar-refractivity contribution is -0.162. The quantitative estimate of drug-likeness (QED) is 0.673. The van der Waals surface area contributed by atoms with Gasteiger partial charge in [-0.2, -0.15) is 0 Å². The van der Waals surface area contributed by atoms with Crippen LogP contribution >= 0.6 is 0 Å². The van der Waals surface area contributed by atoms with Crippen LogP contribution in [0.4, 0.5) is 0 Å². The number of hydrogen-bond donors (Lipinski definition) is 1. The molecule has 0 radical (unpaired) electrons. The lowest BCUT2D eigenvalue weighted by Crippen LogP contribution is -2.42. The summed E-state index contributed by atoms with van der Waals surface area (Å²) in [6.07, 6.45) is 1.29. The molecule has 3 heteroatoms. The van der Waals surface area contributed by atoms with Gasteiger partial charge in [0.25, 0.3) is 0 Å². The van der Waals surface area contributed by atoms with Crippen molar-refractivity contribution in [1.82, 2.24) is 0 Å². The summed E-state index contributed by atoms with van der Waals surface area (Å²) < 4.78 is 5.31. The lowest BCUT2D eigenvalue weighted by atomic mass is 9.70. The Labute approximate surface area is 90.8 Å². The second-order valence-electron chi connectivity index (χ2n) is 5.80. The third-order valence-corrected chi connectivity index (χ3v) is 5.02. The predicted octanol–water partition coefficient (Wildman–Crippen LogP) is 1.74. The normalized spacial score (nSPS) is 46.9. The highest BCUT2D eigenvalue weighted by molar-refractivity contribution is 5.66. The number of carbonyl (C=O) groups is 1. The fourth-order valence-electron chi connectivity index (χ4n) is 3.63. The van der Waals surface area contributed by atoms with E-state index in [9.17, 15) is 9.90 Å². The van der Waals surface area contributed by atoms with Crippen LogP contribution < -0.4 is 0 Å². The highest BCUT2D eigenvalue weighted by Gasteiger charge is 2.67. The summed E-state index contributed by atoms with van der Waals surface area (Å²) in [5.41, 5.74) is -0.00468. The minimum absolute atomic E-state index is 0.0620. The first kappa shape index (κ1) is 10.9. The first-order valence-electron chi connectivity index (χ1n) is 5.66. The van der Waals surface area contributed by atoms with Gasteiger partial charge < -0.3 is 9.84 Å². The van der Waals surface area contributed by atoms with Gasteiger partial charge in [-0.3, -0.25) is 4.79 Å². The highest BCUT2D eigenvalue weighted by Crippen LogP contribution is 2.66. The van der Waals surface area contributed by atoms with Crippen LogP contribution in [0.5, 0.6) is 0 Å². The average molecular weight is 212 g/mol. The van der Waals surface area contributed by atoms with E-state index in [-0.39, 0.29) is 28.8 Å². The van der Waals surface area contributed by atoms with Crippen molar-refractivity contribution in [1.29, 1.82) is 0 Å². The molecule has 15 heavy (non-hydrogen) atoms. The minimum atomic E-state index is -0.484. The van der Waals surface area contributed by atoms with E-state index in [0.717, 1.165) is 12.8 Å². The van der Waals surface area contributed by atoms with Gasteiger partial charge in [-0.25, -0.2) is 0 Å². The molecule has 0 aromatic rings. The Kier molecular flexibility index (Phi) is 2.16. The SMILES string of the molecule is CC(=O)O[C@H]1[C@@H](O)[C@@H]2CC[C@@]1(C)C2(C)C. The van der Waals surface area contributed by atoms with Crippen molar-refractivity contribution in [3.05, 3.63) is 0 Å². The van der Waals surface area contributed by atoms with Crippen molar-refractivity contribution in [2.24, 2.45) is 16.7 Å². The number of fused-ring (bicyclic) bond motifs is 2. The summed E-state index contributed by atoms with van der Waals surface area (Å²) in [4.78, 5) is 11.0. The summed E-state index contributed by atoms with van der Waals surface area (Å²) in [6.45, 7) is 7.90. The van der Waals surface area contributed by atoms with E-state index in [0.29, 0.717) is 0 Å². The molecule has 0 aromatic carbocycles. The van der Waals surface area contributed by atoms with Crippen LogP contribution in [0, 0.1) is 16.7 Å². The predicted molar refractivity (Wildman–Crippen MR) is 56.2 cm³/mol. The molecule has 2 rings (SSSR count). The molecule has 2 bridgehead atoms. The number of esters is 1. The molecule has 3 nitrogen and oxygen atoms in total. The van der Waals surface area contributed by atoms with Crippen molar-refractivity contribution in [2.45, 2.75) is 52.7 Å². The van der Waals surface area contributed by atoms with Crippen LogP contribution in [0.3, 0.4) is 0 Å². The molecule has 0 saturated heterocycles. The van der Waals surface area contributed by atoms with Crippen LogP contribution in [0.15, 0.2) is 0 Å². The minimum Gasteiger partial charge on any atom is -0.459 e. The van der Waals surface area contributed by atoms with Gasteiger partial charge in [0.2, 0.25) is 0 Å². The maximum absolute atomic E-state index is 11.0. The molecule has 2 aliphatic rings. The third-order valence-electron chi connectivity index (χ3n) is 5.02. The molecule has 4 atom stereocenters. The van der Waals surface area contributed by atoms with Crippen LogP contribution in [0.2, 0.25) is 0 Å². The van der Waals surface area contributed by atoms with Gasteiger partial charge in [0, 0.05) is 12.3 Å². The number of carbonyl (C=O) groups excluding carboxylic acids is 1. The molecule has 0 aliphatic heterocycles. The maximum atomic E-state index is 11.0. The number of aliphatic hydroxyl groups excluding tert-OH is 1. The molecule has 2 fully saturated rings. The van der Waals surface area contributed by atoms with E-state index in [1.807, 2.05) is 0 Å². The molecule has 0 aromatic heterocycles. The monoisotopic (exact) mass is 212 g/mol. The Bertz CT molecular complexity index is 297. The van der Waals surface area contributed by atoms with Gasteiger partial charge >= 0.3 is 5.97 Å². The van der Waals surface area contributed by atoms with Crippen molar-refractivity contribution in [2.75, 3.05) is 0 Å². The molecule has 0 spiro atoms. The fraction of sp³-hybridized carbons (Fsp3) is 0.917. The smallest absolute Gasteiger partial charge is 0.303 e. The molecule has 2 saturated carbocycles. The summed E-state index contributed by atoms with van der Waals surface area (Å²) in [7, 11) is 0. The summed E-state index contributed by atoms with van der Waals surface area (Å²) in [6, 6.07) is 0. The molecular formula is C12H20O3.